The maximum Gasteiger partial charge on any atom is 0.135 e. The number of hydrogen-bond acceptors (Lipinski definition) is 1. The summed E-state index contributed by atoms with van der Waals surface area (Å²) < 4.78 is 0. The van der Waals surface area contributed by atoms with Crippen molar-refractivity contribution in [3.63, 3.8) is 0 Å². The lowest BCUT2D eigenvalue weighted by molar-refractivity contribution is -0.504. The highest BCUT2D eigenvalue weighted by Gasteiger charge is 1.95. The molecule has 0 saturated heterocycles. The first-order chi connectivity index (χ1) is 4.72. The summed E-state index contributed by atoms with van der Waals surface area (Å²) in [7, 11) is 3.63. The van der Waals surface area contributed by atoms with Gasteiger partial charge in [-0.05, 0) is 6.92 Å². The molecular weight excluding hydrogens is 148 g/mol. The summed E-state index contributed by atoms with van der Waals surface area (Å²) in [6.07, 6.45) is 0. The van der Waals surface area contributed by atoms with Crippen molar-refractivity contribution in [1.29, 1.82) is 0 Å². The van der Waals surface area contributed by atoms with Crippen molar-refractivity contribution in [2.75, 3.05) is 0 Å². The molecular formula is C7H9ClN2. The lowest BCUT2D eigenvalue weighted by atomic mass is 10.3. The number of pyridine rings is 1. The lowest BCUT2D eigenvalue weighted by Gasteiger charge is -1.99. The summed E-state index contributed by atoms with van der Waals surface area (Å²) in [5, 5.41) is 2.27. The number of nitrogens with two attached hydrogens (primary N) is 1. The Morgan fingerprint density at radius 2 is 2.30 bits per heavy atom. The van der Waals surface area contributed by atoms with Gasteiger partial charge in [-0.2, -0.15) is 0 Å². The highest BCUT2D eigenvalue weighted by atomic mass is 35.5. The molecule has 1 rings (SSSR count). The molecule has 0 radical (unpaired) electrons. The van der Waals surface area contributed by atoms with Crippen LogP contribution in [0.25, 0.3) is 0 Å². The zero-order valence-corrected chi connectivity index (χ0v) is 6.52. The smallest absolute Gasteiger partial charge is 0.135 e. The largest absolute Gasteiger partial charge is 0.446 e. The molecule has 0 spiro atoms. The first-order valence-corrected chi connectivity index (χ1v) is 3.37. The third kappa shape index (κ3) is 1.69. The van der Waals surface area contributed by atoms with Gasteiger partial charge in [0, 0.05) is 17.8 Å². The van der Waals surface area contributed by atoms with Gasteiger partial charge in [0.2, 0.25) is 0 Å². The Balaban J connectivity index is 3.06. The van der Waals surface area contributed by atoms with Crippen molar-refractivity contribution >= 4 is 17.3 Å². The minimum absolute atomic E-state index is 0.523. The van der Waals surface area contributed by atoms with E-state index in [2.05, 4.69) is 12.0 Å². The summed E-state index contributed by atoms with van der Waals surface area (Å²) in [6, 6.07) is 3.71. The van der Waals surface area contributed by atoms with Crippen LogP contribution in [-0.2, 0) is 0 Å². The second-order valence-corrected chi connectivity index (χ2v) is 2.46. The van der Waals surface area contributed by atoms with E-state index in [1.165, 1.54) is 0 Å². The van der Waals surface area contributed by atoms with Gasteiger partial charge in [0.05, 0.1) is 0 Å². The van der Waals surface area contributed by atoms with Gasteiger partial charge in [0.15, 0.2) is 0 Å². The van der Waals surface area contributed by atoms with Crippen LogP contribution in [0.2, 0.25) is 5.15 Å². The first kappa shape index (κ1) is 7.51. The van der Waals surface area contributed by atoms with Gasteiger partial charge in [-0.25, -0.2) is 4.98 Å². The van der Waals surface area contributed by atoms with Gasteiger partial charge in [0.1, 0.15) is 10.8 Å². The minimum Gasteiger partial charge on any atom is -0.446 e. The maximum atomic E-state index is 5.67. The van der Waals surface area contributed by atoms with Gasteiger partial charge in [-0.3, -0.25) is 0 Å². The molecule has 0 aromatic carbocycles. The molecule has 0 saturated carbocycles. The standard InChI is InChI=1S/C7H9ClN2/c1-5-3-6(9-2)4-7(8)10-5/h3-4H,2,9H2,1H3. The monoisotopic (exact) mass is 156 g/mol. The molecule has 1 aromatic rings. The molecule has 0 amide bonds. The molecule has 2 N–H and O–H groups in total. The van der Waals surface area contributed by atoms with E-state index in [0.717, 1.165) is 11.4 Å². The Hall–Kier alpha value is -0.600. The van der Waals surface area contributed by atoms with Gasteiger partial charge in [-0.1, -0.05) is 11.6 Å². The van der Waals surface area contributed by atoms with Gasteiger partial charge in [0.25, 0.3) is 0 Å². The molecule has 10 heavy (non-hydrogen) atoms. The highest BCUT2D eigenvalue weighted by molar-refractivity contribution is 6.29. The zero-order chi connectivity index (χ0) is 7.56. The van der Waals surface area contributed by atoms with Crippen molar-refractivity contribution in [3.8, 4) is 0 Å². The molecule has 54 valence electrons. The molecule has 0 unspecified atom stereocenters. The summed E-state index contributed by atoms with van der Waals surface area (Å²) in [5.41, 5.74) is 1.93. The van der Waals surface area contributed by atoms with Crippen molar-refractivity contribution < 1.29 is 5.32 Å². The first-order valence-electron chi connectivity index (χ1n) is 2.99. The fourth-order valence-electron chi connectivity index (χ4n) is 0.771. The second kappa shape index (κ2) is 2.99. The van der Waals surface area contributed by atoms with E-state index in [9.17, 15) is 0 Å². The normalized spacial score (nSPS) is 9.90. The Morgan fingerprint density at radius 1 is 1.60 bits per heavy atom. The second-order valence-electron chi connectivity index (χ2n) is 2.07. The van der Waals surface area contributed by atoms with Crippen LogP contribution in [0, 0.1) is 14.0 Å². The Bertz CT molecular complexity index is 215. The number of nitrogens with zero attached hydrogens (tertiary/aromatic N) is 1. The molecule has 0 aliphatic carbocycles. The molecule has 0 atom stereocenters. The Kier molecular flexibility index (Phi) is 2.25. The predicted octanol–water partition coefficient (Wildman–Crippen LogP) is 1.03. The van der Waals surface area contributed by atoms with E-state index >= 15 is 0 Å². The quantitative estimate of drug-likeness (QED) is 0.478. The van der Waals surface area contributed by atoms with Crippen LogP contribution in [0.1, 0.15) is 5.69 Å². The average molecular weight is 157 g/mol. The number of aromatic nitrogens is 1. The van der Waals surface area contributed by atoms with E-state index in [1.807, 2.05) is 13.0 Å². The van der Waals surface area contributed by atoms with E-state index in [1.54, 1.807) is 11.4 Å². The third-order valence-electron chi connectivity index (χ3n) is 1.18. The molecule has 1 aromatic heterocycles. The molecule has 0 aliphatic heterocycles. The van der Waals surface area contributed by atoms with Crippen molar-refractivity contribution in [1.82, 2.24) is 4.98 Å². The predicted molar refractivity (Wildman–Crippen MR) is 40.9 cm³/mol. The molecule has 0 fully saturated rings. The summed E-state index contributed by atoms with van der Waals surface area (Å²) >= 11 is 5.67. The van der Waals surface area contributed by atoms with Crippen LogP contribution < -0.4 is 5.32 Å². The third-order valence-corrected chi connectivity index (χ3v) is 1.37. The van der Waals surface area contributed by atoms with Crippen LogP contribution in [0.5, 0.6) is 0 Å². The van der Waals surface area contributed by atoms with E-state index in [0.29, 0.717) is 5.15 Å². The highest BCUT2D eigenvalue weighted by Crippen LogP contribution is 2.09. The zero-order valence-electron chi connectivity index (χ0n) is 5.76. The van der Waals surface area contributed by atoms with Crippen LogP contribution in [0.15, 0.2) is 12.1 Å². The van der Waals surface area contributed by atoms with Crippen molar-refractivity contribution in [3.05, 3.63) is 30.0 Å². The Labute approximate surface area is 65.2 Å². The minimum atomic E-state index is 0.523. The number of rotatable bonds is 1. The topological polar surface area (TPSA) is 29.5 Å². The summed E-state index contributed by atoms with van der Waals surface area (Å²) in [6.45, 7) is 1.90. The van der Waals surface area contributed by atoms with Crippen LogP contribution in [0.4, 0.5) is 5.69 Å². The van der Waals surface area contributed by atoms with Gasteiger partial charge < -0.3 is 5.32 Å². The summed E-state index contributed by atoms with van der Waals surface area (Å²) in [4.78, 5) is 4.00. The molecule has 2 nitrogen and oxygen atoms in total. The average Bonchev–Trinajstić information content (AvgIpc) is 1.85. The number of halogens is 1. The van der Waals surface area contributed by atoms with Crippen LogP contribution in [-0.4, -0.2) is 4.98 Å². The Morgan fingerprint density at radius 3 is 2.80 bits per heavy atom. The molecule has 1 heterocycles. The molecule has 0 bridgehead atoms. The van der Waals surface area contributed by atoms with Crippen molar-refractivity contribution in [2.24, 2.45) is 0 Å². The van der Waals surface area contributed by atoms with Crippen LogP contribution in [0.3, 0.4) is 0 Å². The van der Waals surface area contributed by atoms with E-state index in [-0.39, 0.29) is 0 Å². The number of quaternary nitrogens is 1. The van der Waals surface area contributed by atoms with Gasteiger partial charge >= 0.3 is 0 Å². The fourth-order valence-corrected chi connectivity index (χ4v) is 1.03. The van der Waals surface area contributed by atoms with Crippen molar-refractivity contribution in [2.45, 2.75) is 6.92 Å². The summed E-state index contributed by atoms with van der Waals surface area (Å²) in [5.74, 6) is 0. The fraction of sp³-hybridized carbons (Fsp3) is 0.143. The van der Waals surface area contributed by atoms with E-state index < -0.39 is 0 Å². The maximum absolute atomic E-state index is 5.67. The number of hydrogen-bond donors (Lipinski definition) is 1. The van der Waals surface area contributed by atoms with E-state index in [4.69, 9.17) is 11.6 Å². The van der Waals surface area contributed by atoms with Crippen LogP contribution >= 0.6 is 11.6 Å². The number of aryl methyl sites for hydroxylation is 1. The molecule has 0 aliphatic rings. The SMILES string of the molecule is [CH2-][NH2+]c1cc(C)nc(Cl)c1. The lowest BCUT2D eigenvalue weighted by Crippen LogP contribution is -2.69. The van der Waals surface area contributed by atoms with Gasteiger partial charge in [-0.15, -0.1) is 7.05 Å². The molecule has 3 heteroatoms.